The van der Waals surface area contributed by atoms with Crippen molar-refractivity contribution in [1.29, 1.82) is 0 Å². The predicted molar refractivity (Wildman–Crippen MR) is 83.8 cm³/mol. The van der Waals surface area contributed by atoms with Gasteiger partial charge in [0.05, 0.1) is 11.4 Å². The Labute approximate surface area is 123 Å². The minimum absolute atomic E-state index is 0.571. The summed E-state index contributed by atoms with van der Waals surface area (Å²) in [6.07, 6.45) is 4.02. The molecule has 4 heteroatoms. The van der Waals surface area contributed by atoms with E-state index in [-0.39, 0.29) is 0 Å². The fraction of sp³-hybridized carbons (Fsp3) is 0.812. The van der Waals surface area contributed by atoms with Gasteiger partial charge in [-0.2, -0.15) is 5.10 Å². The van der Waals surface area contributed by atoms with Crippen LogP contribution in [0.3, 0.4) is 0 Å². The van der Waals surface area contributed by atoms with Gasteiger partial charge in [-0.25, -0.2) is 0 Å². The maximum absolute atomic E-state index is 4.57. The molecule has 1 atom stereocenters. The summed E-state index contributed by atoms with van der Waals surface area (Å²) in [6, 6.07) is 3.49. The summed E-state index contributed by atoms with van der Waals surface area (Å²) in [4.78, 5) is 2.64. The zero-order valence-electron chi connectivity index (χ0n) is 13.5. The molecule has 2 rings (SSSR count). The van der Waals surface area contributed by atoms with Crippen molar-refractivity contribution in [2.45, 2.75) is 72.1 Å². The van der Waals surface area contributed by atoms with Gasteiger partial charge < -0.3 is 5.32 Å². The zero-order valence-corrected chi connectivity index (χ0v) is 13.5. The molecule has 1 fully saturated rings. The van der Waals surface area contributed by atoms with E-state index in [1.807, 2.05) is 0 Å². The summed E-state index contributed by atoms with van der Waals surface area (Å²) in [7, 11) is 0. The molecule has 0 radical (unpaired) electrons. The van der Waals surface area contributed by atoms with Crippen molar-refractivity contribution in [2.75, 3.05) is 13.1 Å². The minimum Gasteiger partial charge on any atom is -0.313 e. The maximum Gasteiger partial charge on any atom is 0.0597 e. The fourth-order valence-electron chi connectivity index (χ4n) is 3.08. The van der Waals surface area contributed by atoms with Gasteiger partial charge in [-0.05, 0) is 39.3 Å². The Balaban J connectivity index is 2.00. The number of rotatable bonds is 6. The molecule has 2 heterocycles. The third-order valence-corrected chi connectivity index (χ3v) is 4.16. The normalized spacial score (nSPS) is 20.8. The molecule has 1 aliphatic heterocycles. The molecule has 1 saturated heterocycles. The molecule has 4 nitrogen and oxygen atoms in total. The molecule has 1 aromatic heterocycles. The number of nitrogens with one attached hydrogen (secondary N) is 1. The van der Waals surface area contributed by atoms with E-state index in [2.05, 4.69) is 53.8 Å². The van der Waals surface area contributed by atoms with E-state index in [0.717, 1.165) is 25.3 Å². The highest BCUT2D eigenvalue weighted by atomic mass is 15.3. The van der Waals surface area contributed by atoms with Gasteiger partial charge in [0.1, 0.15) is 0 Å². The maximum atomic E-state index is 4.57. The molecule has 20 heavy (non-hydrogen) atoms. The van der Waals surface area contributed by atoms with Gasteiger partial charge in [0, 0.05) is 31.7 Å². The standard InChI is InChI=1S/C16H30N4/c1-5-20-16(10-14(4)18-20)12-19-9-7-6-8-15(19)11-17-13(2)3/h10,13,15,17H,5-9,11-12H2,1-4H3. The zero-order chi connectivity index (χ0) is 14.5. The predicted octanol–water partition coefficient (Wildman–Crippen LogP) is 2.56. The first-order valence-electron chi connectivity index (χ1n) is 8.11. The first-order chi connectivity index (χ1) is 9.60. The van der Waals surface area contributed by atoms with E-state index < -0.39 is 0 Å². The monoisotopic (exact) mass is 278 g/mol. The lowest BCUT2D eigenvalue weighted by molar-refractivity contribution is 0.132. The first-order valence-corrected chi connectivity index (χ1v) is 8.11. The summed E-state index contributed by atoms with van der Waals surface area (Å²) in [5, 5.41) is 8.17. The van der Waals surface area contributed by atoms with E-state index in [9.17, 15) is 0 Å². The lowest BCUT2D eigenvalue weighted by Gasteiger charge is -2.36. The van der Waals surface area contributed by atoms with Crippen LogP contribution in [0, 0.1) is 6.92 Å². The fourth-order valence-corrected chi connectivity index (χ4v) is 3.08. The van der Waals surface area contributed by atoms with Crippen molar-refractivity contribution >= 4 is 0 Å². The van der Waals surface area contributed by atoms with Crippen LogP contribution in [-0.4, -0.2) is 39.9 Å². The number of hydrogen-bond acceptors (Lipinski definition) is 3. The number of likely N-dealkylation sites (tertiary alicyclic amines) is 1. The van der Waals surface area contributed by atoms with Crippen LogP contribution in [0.5, 0.6) is 0 Å². The Morgan fingerprint density at radius 2 is 2.20 bits per heavy atom. The van der Waals surface area contributed by atoms with Crippen LogP contribution in [0.1, 0.15) is 51.4 Å². The highest BCUT2D eigenvalue weighted by molar-refractivity contribution is 5.09. The molecular formula is C16H30N4. The van der Waals surface area contributed by atoms with Crippen molar-refractivity contribution in [2.24, 2.45) is 0 Å². The Hall–Kier alpha value is -0.870. The number of aromatic nitrogens is 2. The van der Waals surface area contributed by atoms with Crippen LogP contribution in [-0.2, 0) is 13.1 Å². The topological polar surface area (TPSA) is 33.1 Å². The van der Waals surface area contributed by atoms with E-state index in [0.29, 0.717) is 12.1 Å². The van der Waals surface area contributed by atoms with Crippen LogP contribution in [0.25, 0.3) is 0 Å². The molecule has 1 aliphatic rings. The summed E-state index contributed by atoms with van der Waals surface area (Å²) >= 11 is 0. The lowest BCUT2D eigenvalue weighted by atomic mass is 10.0. The minimum atomic E-state index is 0.571. The smallest absolute Gasteiger partial charge is 0.0597 e. The van der Waals surface area contributed by atoms with E-state index in [1.54, 1.807) is 0 Å². The number of hydrogen-bond donors (Lipinski definition) is 1. The highest BCUT2D eigenvalue weighted by Crippen LogP contribution is 2.20. The number of aryl methyl sites for hydroxylation is 2. The molecule has 1 unspecified atom stereocenters. The second kappa shape index (κ2) is 7.23. The van der Waals surface area contributed by atoms with Gasteiger partial charge in [-0.15, -0.1) is 0 Å². The van der Waals surface area contributed by atoms with Gasteiger partial charge >= 0.3 is 0 Å². The van der Waals surface area contributed by atoms with Gasteiger partial charge in [0.15, 0.2) is 0 Å². The van der Waals surface area contributed by atoms with Crippen molar-refractivity contribution < 1.29 is 0 Å². The van der Waals surface area contributed by atoms with Gasteiger partial charge in [0.25, 0.3) is 0 Å². The largest absolute Gasteiger partial charge is 0.313 e. The first kappa shape index (κ1) is 15.5. The van der Waals surface area contributed by atoms with Gasteiger partial charge in [-0.3, -0.25) is 9.58 Å². The van der Waals surface area contributed by atoms with E-state index in [4.69, 9.17) is 0 Å². The Morgan fingerprint density at radius 1 is 1.40 bits per heavy atom. The molecule has 0 aliphatic carbocycles. The van der Waals surface area contributed by atoms with Gasteiger partial charge in [0.2, 0.25) is 0 Å². The van der Waals surface area contributed by atoms with Crippen molar-refractivity contribution in [3.8, 4) is 0 Å². The molecule has 0 saturated carbocycles. The summed E-state index contributed by atoms with van der Waals surface area (Å²) in [5.41, 5.74) is 2.50. The number of piperidine rings is 1. The molecule has 0 spiro atoms. The van der Waals surface area contributed by atoms with Crippen LogP contribution < -0.4 is 5.32 Å². The second-order valence-corrected chi connectivity index (χ2v) is 6.28. The summed E-state index contributed by atoms with van der Waals surface area (Å²) in [5.74, 6) is 0. The van der Waals surface area contributed by atoms with Crippen molar-refractivity contribution in [3.63, 3.8) is 0 Å². The Bertz CT molecular complexity index is 411. The molecule has 114 valence electrons. The molecule has 1 N–H and O–H groups in total. The van der Waals surface area contributed by atoms with Crippen LogP contribution in [0.2, 0.25) is 0 Å². The third-order valence-electron chi connectivity index (χ3n) is 4.16. The van der Waals surface area contributed by atoms with Crippen molar-refractivity contribution in [3.05, 3.63) is 17.5 Å². The Morgan fingerprint density at radius 3 is 2.90 bits per heavy atom. The third kappa shape index (κ3) is 4.06. The van der Waals surface area contributed by atoms with Gasteiger partial charge in [-0.1, -0.05) is 20.3 Å². The van der Waals surface area contributed by atoms with E-state index in [1.165, 1.54) is 31.5 Å². The molecule has 1 aromatic rings. The van der Waals surface area contributed by atoms with Crippen LogP contribution in [0.4, 0.5) is 0 Å². The highest BCUT2D eigenvalue weighted by Gasteiger charge is 2.23. The lowest BCUT2D eigenvalue weighted by Crippen LogP contribution is -2.46. The second-order valence-electron chi connectivity index (χ2n) is 6.28. The average Bonchev–Trinajstić information content (AvgIpc) is 2.77. The van der Waals surface area contributed by atoms with E-state index >= 15 is 0 Å². The molecule has 0 bridgehead atoms. The average molecular weight is 278 g/mol. The summed E-state index contributed by atoms with van der Waals surface area (Å²) < 4.78 is 2.15. The molecule has 0 amide bonds. The van der Waals surface area contributed by atoms with Crippen LogP contribution >= 0.6 is 0 Å². The molecular weight excluding hydrogens is 248 g/mol. The summed E-state index contributed by atoms with van der Waals surface area (Å²) in [6.45, 7) is 13.0. The SMILES string of the molecule is CCn1nc(C)cc1CN1CCCCC1CNC(C)C. The molecule has 0 aromatic carbocycles. The number of nitrogens with zero attached hydrogens (tertiary/aromatic N) is 3. The van der Waals surface area contributed by atoms with Crippen LogP contribution in [0.15, 0.2) is 6.07 Å². The quantitative estimate of drug-likeness (QED) is 0.868. The Kier molecular flexibility index (Phi) is 5.61. The van der Waals surface area contributed by atoms with Crippen molar-refractivity contribution in [1.82, 2.24) is 20.0 Å².